The standard InChI is InChI=1S/C22H20ClFN4O2S/c1-13-4-5-16(19-12-25-28-15(3)8-14(2)27-22(19)28)9-21(13)31(29,30)26-11-17-6-7-18(24)10-20(17)23/h4-10,12,26H,11H2,1-3H3. The van der Waals surface area contributed by atoms with Crippen molar-refractivity contribution >= 4 is 27.3 Å². The van der Waals surface area contributed by atoms with Gasteiger partial charge in [0.15, 0.2) is 5.65 Å². The van der Waals surface area contributed by atoms with Gasteiger partial charge < -0.3 is 0 Å². The molecule has 160 valence electrons. The molecule has 0 unspecified atom stereocenters. The van der Waals surface area contributed by atoms with E-state index >= 15 is 0 Å². The predicted molar refractivity (Wildman–Crippen MR) is 118 cm³/mol. The van der Waals surface area contributed by atoms with Gasteiger partial charge in [-0.05, 0) is 61.7 Å². The van der Waals surface area contributed by atoms with Gasteiger partial charge in [-0.15, -0.1) is 0 Å². The fourth-order valence-electron chi connectivity index (χ4n) is 3.45. The Morgan fingerprint density at radius 2 is 1.87 bits per heavy atom. The van der Waals surface area contributed by atoms with Crippen LogP contribution in [0.1, 0.15) is 22.5 Å². The first-order valence-electron chi connectivity index (χ1n) is 9.52. The molecular weight excluding hydrogens is 439 g/mol. The summed E-state index contributed by atoms with van der Waals surface area (Å²) in [5.74, 6) is -0.479. The third-order valence-corrected chi connectivity index (χ3v) is 6.93. The van der Waals surface area contributed by atoms with Crippen molar-refractivity contribution in [1.82, 2.24) is 19.3 Å². The summed E-state index contributed by atoms with van der Waals surface area (Å²) in [6.07, 6.45) is 1.68. The zero-order valence-corrected chi connectivity index (χ0v) is 18.7. The molecular formula is C22H20ClFN4O2S. The van der Waals surface area contributed by atoms with Crippen molar-refractivity contribution in [2.75, 3.05) is 0 Å². The van der Waals surface area contributed by atoms with E-state index < -0.39 is 15.8 Å². The molecule has 2 aromatic heterocycles. The Morgan fingerprint density at radius 3 is 2.61 bits per heavy atom. The summed E-state index contributed by atoms with van der Waals surface area (Å²) in [5, 5.41) is 4.55. The van der Waals surface area contributed by atoms with Crippen molar-refractivity contribution in [2.24, 2.45) is 0 Å². The molecule has 2 aromatic carbocycles. The van der Waals surface area contributed by atoms with Crippen molar-refractivity contribution < 1.29 is 12.8 Å². The van der Waals surface area contributed by atoms with Gasteiger partial charge in [-0.3, -0.25) is 0 Å². The molecule has 0 saturated carbocycles. The minimum Gasteiger partial charge on any atom is -0.233 e. The highest BCUT2D eigenvalue weighted by molar-refractivity contribution is 7.89. The SMILES string of the molecule is Cc1cc(C)n2ncc(-c3ccc(C)c(S(=O)(=O)NCc4ccc(F)cc4Cl)c3)c2n1. The molecule has 2 heterocycles. The fraction of sp³-hybridized carbons (Fsp3) is 0.182. The van der Waals surface area contributed by atoms with Gasteiger partial charge in [-0.2, -0.15) is 5.10 Å². The van der Waals surface area contributed by atoms with Crippen LogP contribution in [0.15, 0.2) is 53.6 Å². The molecule has 4 aromatic rings. The second-order valence-corrected chi connectivity index (χ2v) is 9.52. The van der Waals surface area contributed by atoms with Crippen LogP contribution in [0.4, 0.5) is 4.39 Å². The Hall–Kier alpha value is -2.81. The quantitative estimate of drug-likeness (QED) is 0.474. The Morgan fingerprint density at radius 1 is 1.10 bits per heavy atom. The van der Waals surface area contributed by atoms with Crippen LogP contribution in [0, 0.1) is 26.6 Å². The maximum absolute atomic E-state index is 13.2. The Kier molecular flexibility index (Phi) is 5.55. The maximum atomic E-state index is 13.2. The van der Waals surface area contributed by atoms with Gasteiger partial charge in [0.1, 0.15) is 5.82 Å². The first-order valence-corrected chi connectivity index (χ1v) is 11.4. The molecule has 0 aliphatic rings. The number of benzene rings is 2. The third kappa shape index (κ3) is 4.19. The second-order valence-electron chi connectivity index (χ2n) is 7.37. The smallest absolute Gasteiger partial charge is 0.233 e. The topological polar surface area (TPSA) is 76.4 Å². The summed E-state index contributed by atoms with van der Waals surface area (Å²) in [6.45, 7) is 5.51. The summed E-state index contributed by atoms with van der Waals surface area (Å²) >= 11 is 6.02. The van der Waals surface area contributed by atoms with Crippen LogP contribution in [-0.4, -0.2) is 23.0 Å². The summed E-state index contributed by atoms with van der Waals surface area (Å²) in [4.78, 5) is 4.72. The molecule has 31 heavy (non-hydrogen) atoms. The van der Waals surface area contributed by atoms with E-state index in [-0.39, 0.29) is 16.5 Å². The van der Waals surface area contributed by atoms with E-state index in [1.54, 1.807) is 29.8 Å². The summed E-state index contributed by atoms with van der Waals surface area (Å²) in [5.41, 5.74) is 4.96. The predicted octanol–water partition coefficient (Wildman–Crippen LogP) is 4.59. The molecule has 0 radical (unpaired) electrons. The van der Waals surface area contributed by atoms with E-state index in [2.05, 4.69) is 14.8 Å². The average molecular weight is 459 g/mol. The van der Waals surface area contributed by atoms with E-state index in [9.17, 15) is 12.8 Å². The van der Waals surface area contributed by atoms with Crippen LogP contribution in [-0.2, 0) is 16.6 Å². The van der Waals surface area contributed by atoms with Gasteiger partial charge in [0.25, 0.3) is 0 Å². The second kappa shape index (κ2) is 8.03. The van der Waals surface area contributed by atoms with E-state index in [0.29, 0.717) is 22.3 Å². The number of hydrogen-bond donors (Lipinski definition) is 1. The number of halogens is 2. The lowest BCUT2D eigenvalue weighted by molar-refractivity contribution is 0.580. The molecule has 0 aliphatic carbocycles. The highest BCUT2D eigenvalue weighted by atomic mass is 35.5. The van der Waals surface area contributed by atoms with Crippen molar-refractivity contribution in [3.63, 3.8) is 0 Å². The van der Waals surface area contributed by atoms with Gasteiger partial charge in [-0.1, -0.05) is 29.8 Å². The molecule has 0 bridgehead atoms. The molecule has 0 aliphatic heterocycles. The minimum absolute atomic E-state index is 0.0538. The minimum atomic E-state index is -3.85. The Balaban J connectivity index is 1.71. The van der Waals surface area contributed by atoms with Crippen LogP contribution in [0.5, 0.6) is 0 Å². The number of hydrogen-bond acceptors (Lipinski definition) is 4. The number of nitrogens with one attached hydrogen (secondary N) is 1. The maximum Gasteiger partial charge on any atom is 0.241 e. The number of rotatable bonds is 5. The molecule has 6 nitrogen and oxygen atoms in total. The van der Waals surface area contributed by atoms with Crippen LogP contribution in [0.25, 0.3) is 16.8 Å². The van der Waals surface area contributed by atoms with E-state index in [1.165, 1.54) is 12.1 Å². The zero-order chi connectivity index (χ0) is 22.3. The van der Waals surface area contributed by atoms with Gasteiger partial charge in [0.05, 0.1) is 11.1 Å². The van der Waals surface area contributed by atoms with Crippen molar-refractivity contribution in [2.45, 2.75) is 32.2 Å². The zero-order valence-electron chi connectivity index (χ0n) is 17.1. The lowest BCUT2D eigenvalue weighted by Crippen LogP contribution is -2.24. The van der Waals surface area contributed by atoms with E-state index in [4.69, 9.17) is 11.6 Å². The highest BCUT2D eigenvalue weighted by Crippen LogP contribution is 2.28. The Bertz CT molecular complexity index is 1420. The van der Waals surface area contributed by atoms with Gasteiger partial charge in [0, 0.05) is 28.5 Å². The van der Waals surface area contributed by atoms with Crippen LogP contribution in [0.2, 0.25) is 5.02 Å². The number of nitrogens with zero attached hydrogens (tertiary/aromatic N) is 3. The molecule has 0 amide bonds. The average Bonchev–Trinajstić information content (AvgIpc) is 3.11. The molecule has 0 fully saturated rings. The summed E-state index contributed by atoms with van der Waals surface area (Å²) in [7, 11) is -3.85. The van der Waals surface area contributed by atoms with Crippen LogP contribution < -0.4 is 4.72 Å². The Labute approximate surface area is 184 Å². The van der Waals surface area contributed by atoms with Crippen molar-refractivity contribution in [1.29, 1.82) is 0 Å². The van der Waals surface area contributed by atoms with Crippen molar-refractivity contribution in [3.8, 4) is 11.1 Å². The first-order chi connectivity index (χ1) is 14.7. The van der Waals surface area contributed by atoms with Gasteiger partial charge in [0.2, 0.25) is 10.0 Å². The van der Waals surface area contributed by atoms with Gasteiger partial charge >= 0.3 is 0 Å². The molecule has 0 spiro atoms. The monoisotopic (exact) mass is 458 g/mol. The van der Waals surface area contributed by atoms with Crippen LogP contribution >= 0.6 is 11.6 Å². The number of aromatic nitrogens is 3. The molecule has 9 heteroatoms. The highest BCUT2D eigenvalue weighted by Gasteiger charge is 2.20. The van der Waals surface area contributed by atoms with Crippen molar-refractivity contribution in [3.05, 3.63) is 82.0 Å². The number of aryl methyl sites for hydroxylation is 3. The van der Waals surface area contributed by atoms with E-state index in [0.717, 1.165) is 23.0 Å². The van der Waals surface area contributed by atoms with Crippen LogP contribution in [0.3, 0.4) is 0 Å². The first kappa shape index (κ1) is 21.4. The summed E-state index contributed by atoms with van der Waals surface area (Å²) in [6, 6.07) is 11.0. The normalized spacial score (nSPS) is 11.9. The number of sulfonamides is 1. The lowest BCUT2D eigenvalue weighted by Gasteiger charge is -2.12. The molecule has 1 N–H and O–H groups in total. The molecule has 4 rings (SSSR count). The third-order valence-electron chi connectivity index (χ3n) is 5.03. The molecule has 0 atom stereocenters. The van der Waals surface area contributed by atoms with Gasteiger partial charge in [-0.25, -0.2) is 27.0 Å². The lowest BCUT2D eigenvalue weighted by atomic mass is 10.1. The fourth-order valence-corrected chi connectivity index (χ4v) is 4.96. The van der Waals surface area contributed by atoms with E-state index in [1.807, 2.05) is 26.0 Å². The molecule has 0 saturated heterocycles. The summed E-state index contributed by atoms with van der Waals surface area (Å²) < 4.78 is 43.6. The largest absolute Gasteiger partial charge is 0.241 e. The number of fused-ring (bicyclic) bond motifs is 1.